The summed E-state index contributed by atoms with van der Waals surface area (Å²) in [5, 5.41) is 8.90. The van der Waals surface area contributed by atoms with E-state index in [1.807, 2.05) is 59.3 Å². The summed E-state index contributed by atoms with van der Waals surface area (Å²) in [5.74, 6) is 0.561. The first kappa shape index (κ1) is 27.5. The highest BCUT2D eigenvalue weighted by atomic mass is 32.1. The van der Waals surface area contributed by atoms with E-state index >= 15 is 8.78 Å². The highest BCUT2D eigenvalue weighted by molar-refractivity contribution is 7.80. The second kappa shape index (κ2) is 11.4. The lowest BCUT2D eigenvalue weighted by Crippen LogP contribution is -2.39. The summed E-state index contributed by atoms with van der Waals surface area (Å²) in [6, 6.07) is 23.5. The number of halogens is 2. The number of alkyl halides is 2. The lowest BCUT2D eigenvalue weighted by Gasteiger charge is -2.35. The summed E-state index contributed by atoms with van der Waals surface area (Å²) < 4.78 is 55.2. The van der Waals surface area contributed by atoms with Crippen molar-refractivity contribution in [2.45, 2.75) is 37.9 Å². The third-order valence-corrected chi connectivity index (χ3v) is 8.70. The fourth-order valence-corrected chi connectivity index (χ4v) is 6.53. The number of rotatable bonds is 12. The molecule has 0 aliphatic rings. The summed E-state index contributed by atoms with van der Waals surface area (Å²) in [6.45, 7) is 2.70. The molecule has 0 radical (unpaired) electrons. The van der Waals surface area contributed by atoms with Gasteiger partial charge in [0.15, 0.2) is 0 Å². The molecule has 4 aromatic rings. The van der Waals surface area contributed by atoms with Gasteiger partial charge in [-0.05, 0) is 49.3 Å². The second-order valence-electron chi connectivity index (χ2n) is 8.61. The van der Waals surface area contributed by atoms with E-state index < -0.39 is 24.4 Å². The first-order chi connectivity index (χ1) is 17.8. The number of nitrogens with zero attached hydrogens (tertiary/aromatic N) is 3. The average molecular weight is 546 g/mol. The van der Waals surface area contributed by atoms with Crippen LogP contribution < -0.4 is 0 Å². The SMILES string of the molecule is CCOP(=O)(OCC)C(F)(F)c1ccc(CC(CCS)(c2ccccc2)n2nnc3ccccc32)cc1. The van der Waals surface area contributed by atoms with Crippen LogP contribution >= 0.6 is 20.2 Å². The van der Waals surface area contributed by atoms with E-state index in [1.165, 1.54) is 26.0 Å². The first-order valence-corrected chi connectivity index (χ1v) is 14.3. The van der Waals surface area contributed by atoms with E-state index in [-0.39, 0.29) is 13.2 Å². The molecule has 0 spiro atoms. The molecular weight excluding hydrogens is 515 g/mol. The molecule has 3 aromatic carbocycles. The van der Waals surface area contributed by atoms with Gasteiger partial charge in [-0.1, -0.05) is 71.9 Å². The molecule has 1 unspecified atom stereocenters. The minimum Gasteiger partial charge on any atom is -0.304 e. The summed E-state index contributed by atoms with van der Waals surface area (Å²) in [4.78, 5) is 0. The van der Waals surface area contributed by atoms with E-state index in [9.17, 15) is 4.57 Å². The molecule has 0 aliphatic heterocycles. The van der Waals surface area contributed by atoms with Crippen molar-refractivity contribution < 1.29 is 22.4 Å². The molecule has 0 aliphatic carbocycles. The number of hydrogen-bond donors (Lipinski definition) is 1. The van der Waals surface area contributed by atoms with Crippen molar-refractivity contribution in [3.05, 3.63) is 95.6 Å². The Kier molecular flexibility index (Phi) is 8.49. The van der Waals surface area contributed by atoms with Gasteiger partial charge in [0.2, 0.25) is 0 Å². The fourth-order valence-electron chi connectivity index (χ4n) is 4.61. The van der Waals surface area contributed by atoms with Crippen LogP contribution in [0, 0.1) is 0 Å². The zero-order valence-electron chi connectivity index (χ0n) is 20.8. The van der Waals surface area contributed by atoms with Crippen LogP contribution in [-0.2, 0) is 31.2 Å². The van der Waals surface area contributed by atoms with Gasteiger partial charge in [-0.2, -0.15) is 21.4 Å². The van der Waals surface area contributed by atoms with Gasteiger partial charge < -0.3 is 9.05 Å². The predicted octanol–water partition coefficient (Wildman–Crippen LogP) is 7.05. The Morgan fingerprint density at radius 1 is 0.892 bits per heavy atom. The lowest BCUT2D eigenvalue weighted by molar-refractivity contribution is 0.0360. The average Bonchev–Trinajstić information content (AvgIpc) is 3.34. The van der Waals surface area contributed by atoms with Crippen LogP contribution in [0.25, 0.3) is 11.0 Å². The van der Waals surface area contributed by atoms with Crippen LogP contribution in [0.1, 0.15) is 37.0 Å². The molecule has 0 fully saturated rings. The number of hydrogen-bond acceptors (Lipinski definition) is 6. The molecule has 6 nitrogen and oxygen atoms in total. The fraction of sp³-hybridized carbons (Fsp3) is 0.333. The highest BCUT2D eigenvalue weighted by Gasteiger charge is 2.54. The number of aromatic nitrogens is 3. The van der Waals surface area contributed by atoms with Crippen molar-refractivity contribution in [3.63, 3.8) is 0 Å². The first-order valence-electron chi connectivity index (χ1n) is 12.1. The maximum atomic E-state index is 15.3. The second-order valence-corrected chi connectivity index (χ2v) is 11.1. The number of benzene rings is 3. The van der Waals surface area contributed by atoms with Crippen molar-refractivity contribution in [2.24, 2.45) is 0 Å². The van der Waals surface area contributed by atoms with Crippen molar-refractivity contribution in [3.8, 4) is 0 Å². The third-order valence-electron chi connectivity index (χ3n) is 6.33. The van der Waals surface area contributed by atoms with Gasteiger partial charge in [0.05, 0.1) is 24.3 Å². The molecule has 37 heavy (non-hydrogen) atoms. The van der Waals surface area contributed by atoms with Crippen molar-refractivity contribution >= 4 is 31.3 Å². The van der Waals surface area contributed by atoms with E-state index in [0.717, 1.165) is 22.2 Å². The maximum absolute atomic E-state index is 15.3. The standard InChI is InChI=1S/C27H30F2N3O3PS/c1-3-34-36(33,35-4-2)27(28,29)23-16-14-21(15-17-23)20-26(18-19-37,22-10-6-5-7-11-22)32-25-13-9-8-12-24(25)30-31-32/h5-17,37H,3-4,18-20H2,1-2H3. The van der Waals surface area contributed by atoms with Crippen LogP contribution in [0.4, 0.5) is 8.78 Å². The van der Waals surface area contributed by atoms with Crippen molar-refractivity contribution in [1.82, 2.24) is 15.0 Å². The minimum absolute atomic E-state index is 0.153. The molecule has 1 atom stereocenters. The van der Waals surface area contributed by atoms with E-state index in [1.54, 1.807) is 12.1 Å². The predicted molar refractivity (Wildman–Crippen MR) is 144 cm³/mol. The van der Waals surface area contributed by atoms with Gasteiger partial charge in [0.1, 0.15) is 5.52 Å². The van der Waals surface area contributed by atoms with Crippen LogP contribution in [-0.4, -0.2) is 34.0 Å². The number of thiol groups is 1. The lowest BCUT2D eigenvalue weighted by atomic mass is 9.81. The molecule has 0 bridgehead atoms. The summed E-state index contributed by atoms with van der Waals surface area (Å²) in [5.41, 5.74) is -1.45. The molecule has 1 heterocycles. The largest absolute Gasteiger partial charge is 0.404 e. The Labute approximate surface area is 220 Å². The molecular formula is C27H30F2N3O3PS. The molecule has 4 rings (SSSR count). The Morgan fingerprint density at radius 3 is 2.14 bits per heavy atom. The quantitative estimate of drug-likeness (QED) is 0.153. The Hall–Kier alpha value is -2.58. The molecule has 196 valence electrons. The molecule has 0 N–H and O–H groups in total. The Balaban J connectivity index is 1.78. The van der Waals surface area contributed by atoms with Gasteiger partial charge in [-0.25, -0.2) is 4.68 Å². The van der Waals surface area contributed by atoms with E-state index in [4.69, 9.17) is 9.05 Å². The van der Waals surface area contributed by atoms with Gasteiger partial charge in [-0.3, -0.25) is 4.57 Å². The summed E-state index contributed by atoms with van der Waals surface area (Å²) in [6.07, 6.45) is 1.07. The number of para-hydroxylation sites is 1. The van der Waals surface area contributed by atoms with Crippen molar-refractivity contribution in [2.75, 3.05) is 19.0 Å². The normalized spacial score (nSPS) is 14.1. The Morgan fingerprint density at radius 2 is 1.51 bits per heavy atom. The molecule has 10 heteroatoms. The van der Waals surface area contributed by atoms with E-state index in [2.05, 4.69) is 22.9 Å². The van der Waals surface area contributed by atoms with Gasteiger partial charge in [-0.15, -0.1) is 5.10 Å². The smallest absolute Gasteiger partial charge is 0.304 e. The van der Waals surface area contributed by atoms with Crippen LogP contribution in [0.15, 0.2) is 78.9 Å². The van der Waals surface area contributed by atoms with Gasteiger partial charge in [0.25, 0.3) is 0 Å². The third kappa shape index (κ3) is 5.23. The topological polar surface area (TPSA) is 66.2 Å². The monoisotopic (exact) mass is 545 g/mol. The van der Waals surface area contributed by atoms with Crippen LogP contribution in [0.5, 0.6) is 0 Å². The Bertz CT molecular complexity index is 1360. The maximum Gasteiger partial charge on any atom is 0.404 e. The number of fused-ring (bicyclic) bond motifs is 1. The molecule has 0 saturated carbocycles. The molecule has 0 amide bonds. The van der Waals surface area contributed by atoms with E-state index in [0.29, 0.717) is 18.6 Å². The zero-order chi connectivity index (χ0) is 26.5. The summed E-state index contributed by atoms with van der Waals surface area (Å²) >= 11 is 4.56. The van der Waals surface area contributed by atoms with Crippen LogP contribution in [0.3, 0.4) is 0 Å². The van der Waals surface area contributed by atoms with Crippen molar-refractivity contribution in [1.29, 1.82) is 0 Å². The van der Waals surface area contributed by atoms with Crippen LogP contribution in [0.2, 0.25) is 0 Å². The molecule has 1 aromatic heterocycles. The minimum atomic E-state index is -4.69. The summed E-state index contributed by atoms with van der Waals surface area (Å²) in [7, 11) is -4.69. The van der Waals surface area contributed by atoms with Gasteiger partial charge in [0, 0.05) is 12.0 Å². The zero-order valence-corrected chi connectivity index (χ0v) is 22.5. The molecule has 0 saturated heterocycles. The van der Waals surface area contributed by atoms with Gasteiger partial charge >= 0.3 is 13.3 Å². The highest BCUT2D eigenvalue weighted by Crippen LogP contribution is 2.66.